The summed E-state index contributed by atoms with van der Waals surface area (Å²) in [6, 6.07) is 9.95. The van der Waals surface area contributed by atoms with Crippen LogP contribution in [0.2, 0.25) is 0 Å². The van der Waals surface area contributed by atoms with Crippen LogP contribution in [0.5, 0.6) is 5.75 Å². The van der Waals surface area contributed by atoms with Crippen LogP contribution in [-0.2, 0) is 4.79 Å². The largest absolute Gasteiger partial charge is 0.497 e. The molecule has 1 aromatic carbocycles. The molecule has 5 heterocycles. The first-order valence-electron chi connectivity index (χ1n) is 11.4. The fourth-order valence-corrected chi connectivity index (χ4v) is 5.14. The Morgan fingerprint density at radius 3 is 2.58 bits per heavy atom. The molecule has 0 N–H and O–H groups in total. The number of piperazine rings is 1. The van der Waals surface area contributed by atoms with Gasteiger partial charge in [0.15, 0.2) is 0 Å². The second-order valence-electron chi connectivity index (χ2n) is 8.83. The molecule has 2 aromatic rings. The summed E-state index contributed by atoms with van der Waals surface area (Å²) in [6.45, 7) is 6.80. The molecule has 0 aliphatic carbocycles. The number of likely N-dealkylation sites (tertiary alicyclic amines) is 1. The van der Waals surface area contributed by atoms with Crippen LogP contribution in [0.15, 0.2) is 36.5 Å². The number of hydrogen-bond donors (Lipinski definition) is 0. The Morgan fingerprint density at radius 2 is 1.81 bits per heavy atom. The maximum atomic E-state index is 13.2. The van der Waals surface area contributed by atoms with Gasteiger partial charge < -0.3 is 9.64 Å². The van der Waals surface area contributed by atoms with E-state index in [-0.39, 0.29) is 6.04 Å². The Bertz CT molecular complexity index is 906. The van der Waals surface area contributed by atoms with E-state index in [2.05, 4.69) is 19.7 Å². The van der Waals surface area contributed by atoms with Gasteiger partial charge in [0.1, 0.15) is 17.6 Å². The molecule has 6 rings (SSSR count). The molecular weight excluding hydrogens is 390 g/mol. The summed E-state index contributed by atoms with van der Waals surface area (Å²) in [5, 5.41) is 0. The van der Waals surface area contributed by atoms with Crippen LogP contribution in [0.3, 0.4) is 0 Å². The predicted molar refractivity (Wildman–Crippen MR) is 119 cm³/mol. The zero-order chi connectivity index (χ0) is 21.2. The lowest BCUT2D eigenvalue weighted by atomic mass is 9.95. The number of fused-ring (bicyclic) bond motifs is 4. The van der Waals surface area contributed by atoms with Gasteiger partial charge >= 0.3 is 0 Å². The molecule has 4 fully saturated rings. The van der Waals surface area contributed by atoms with Crippen LogP contribution >= 0.6 is 0 Å². The highest BCUT2D eigenvalue weighted by Crippen LogP contribution is 2.29. The maximum Gasteiger partial charge on any atom is 0.241 e. The molecule has 31 heavy (non-hydrogen) atoms. The second-order valence-corrected chi connectivity index (χ2v) is 8.83. The van der Waals surface area contributed by atoms with E-state index >= 15 is 0 Å². The van der Waals surface area contributed by atoms with Crippen molar-refractivity contribution in [1.82, 2.24) is 24.7 Å². The molecule has 4 saturated heterocycles. The van der Waals surface area contributed by atoms with Crippen molar-refractivity contribution in [2.75, 3.05) is 52.9 Å². The van der Waals surface area contributed by atoms with Gasteiger partial charge in [0.25, 0.3) is 0 Å². The average molecular weight is 422 g/mol. The van der Waals surface area contributed by atoms with Gasteiger partial charge in [-0.15, -0.1) is 0 Å². The molecule has 4 aliphatic rings. The van der Waals surface area contributed by atoms with Crippen LogP contribution in [0.4, 0.5) is 0 Å². The van der Waals surface area contributed by atoms with Crippen molar-refractivity contribution in [3.63, 3.8) is 0 Å². The molecule has 4 aliphatic heterocycles. The third kappa shape index (κ3) is 4.29. The summed E-state index contributed by atoms with van der Waals surface area (Å²) in [6.07, 6.45) is 4.87. The third-order valence-corrected chi connectivity index (χ3v) is 7.01. The van der Waals surface area contributed by atoms with Crippen LogP contribution in [0.1, 0.15) is 31.0 Å². The quantitative estimate of drug-likeness (QED) is 0.755. The smallest absolute Gasteiger partial charge is 0.241 e. The van der Waals surface area contributed by atoms with Gasteiger partial charge in [-0.05, 0) is 56.1 Å². The number of carbonyl (C=O) groups is 1. The number of aromatic nitrogens is 2. The standard InChI is InChI=1S/C24H31N5O2/c1-31-20-5-3-18(4-6-20)21-7-10-25-23(26-21)19-8-13-29(14-9-19)24(30)22-17-27-11-2-12-28(22)16-15-27/h3-7,10,19,22H,2,8-9,11-17H2,1H3. The molecule has 7 nitrogen and oxygen atoms in total. The van der Waals surface area contributed by atoms with Gasteiger partial charge in [-0.3, -0.25) is 14.6 Å². The number of hydrogen-bond acceptors (Lipinski definition) is 6. The maximum absolute atomic E-state index is 13.2. The monoisotopic (exact) mass is 421 g/mol. The number of benzene rings is 1. The number of amides is 1. The van der Waals surface area contributed by atoms with E-state index in [4.69, 9.17) is 9.72 Å². The number of nitrogens with zero attached hydrogens (tertiary/aromatic N) is 5. The van der Waals surface area contributed by atoms with Gasteiger partial charge in [0.05, 0.1) is 12.8 Å². The summed E-state index contributed by atoms with van der Waals surface area (Å²) >= 11 is 0. The lowest BCUT2D eigenvalue weighted by Crippen LogP contribution is -2.58. The Balaban J connectivity index is 1.23. The molecule has 0 saturated carbocycles. The van der Waals surface area contributed by atoms with Crippen molar-refractivity contribution in [3.8, 4) is 17.0 Å². The van der Waals surface area contributed by atoms with E-state index < -0.39 is 0 Å². The van der Waals surface area contributed by atoms with Crippen molar-refractivity contribution in [1.29, 1.82) is 0 Å². The summed E-state index contributed by atoms with van der Waals surface area (Å²) in [5.41, 5.74) is 1.99. The Morgan fingerprint density at radius 1 is 1.00 bits per heavy atom. The highest BCUT2D eigenvalue weighted by molar-refractivity contribution is 5.82. The molecule has 3 atom stereocenters. The van der Waals surface area contributed by atoms with Gasteiger partial charge in [0, 0.05) is 56.9 Å². The SMILES string of the molecule is COc1ccc(-c2ccnc(C3CCN(C(=O)C4CN5CCCN4CC5)CC3)n2)cc1. The summed E-state index contributed by atoms with van der Waals surface area (Å²) < 4.78 is 5.25. The van der Waals surface area contributed by atoms with Gasteiger partial charge in [0.2, 0.25) is 5.91 Å². The van der Waals surface area contributed by atoms with E-state index in [9.17, 15) is 4.79 Å². The lowest BCUT2D eigenvalue weighted by molar-refractivity contribution is -0.139. The molecule has 7 heteroatoms. The third-order valence-electron chi connectivity index (χ3n) is 7.01. The minimum atomic E-state index is 0.0439. The highest BCUT2D eigenvalue weighted by atomic mass is 16.5. The summed E-state index contributed by atoms with van der Waals surface area (Å²) in [4.78, 5) is 29.6. The summed E-state index contributed by atoms with van der Waals surface area (Å²) in [5.74, 6) is 2.35. The molecule has 1 amide bonds. The molecule has 1 aromatic heterocycles. The predicted octanol–water partition coefficient (Wildman–Crippen LogP) is 2.25. The van der Waals surface area contributed by atoms with Crippen LogP contribution in [-0.4, -0.2) is 89.5 Å². The second kappa shape index (κ2) is 8.93. The minimum absolute atomic E-state index is 0.0439. The van der Waals surface area contributed by atoms with Crippen molar-refractivity contribution in [3.05, 3.63) is 42.4 Å². The molecule has 3 unspecified atom stereocenters. The number of ether oxygens (including phenoxy) is 1. The van der Waals surface area contributed by atoms with E-state index in [1.807, 2.05) is 36.5 Å². The van der Waals surface area contributed by atoms with Crippen molar-refractivity contribution < 1.29 is 9.53 Å². The van der Waals surface area contributed by atoms with Crippen LogP contribution in [0, 0.1) is 0 Å². The topological polar surface area (TPSA) is 61.8 Å². The van der Waals surface area contributed by atoms with Crippen molar-refractivity contribution >= 4 is 5.91 Å². The molecule has 164 valence electrons. The zero-order valence-corrected chi connectivity index (χ0v) is 18.2. The van der Waals surface area contributed by atoms with E-state index in [0.29, 0.717) is 11.8 Å². The fraction of sp³-hybridized carbons (Fsp3) is 0.542. The Hall–Kier alpha value is -2.51. The molecular formula is C24H31N5O2. The van der Waals surface area contributed by atoms with Crippen LogP contribution in [0.25, 0.3) is 11.3 Å². The van der Waals surface area contributed by atoms with Gasteiger partial charge in [-0.25, -0.2) is 9.97 Å². The first kappa shape index (κ1) is 20.4. The van der Waals surface area contributed by atoms with Gasteiger partial charge in [-0.1, -0.05) is 0 Å². The number of methoxy groups -OCH3 is 1. The first-order chi connectivity index (χ1) is 15.2. The average Bonchev–Trinajstić information content (AvgIpc) is 3.20. The van der Waals surface area contributed by atoms with E-state index in [1.54, 1.807) is 7.11 Å². The lowest BCUT2D eigenvalue weighted by Gasteiger charge is -2.40. The first-order valence-corrected chi connectivity index (χ1v) is 11.4. The van der Waals surface area contributed by atoms with E-state index in [1.165, 1.54) is 6.42 Å². The number of rotatable bonds is 4. The Labute approximate surface area is 184 Å². The molecule has 2 bridgehead atoms. The summed E-state index contributed by atoms with van der Waals surface area (Å²) in [7, 11) is 1.67. The number of piperidine rings is 1. The number of carbonyl (C=O) groups excluding carboxylic acids is 1. The van der Waals surface area contributed by atoms with Crippen molar-refractivity contribution in [2.45, 2.75) is 31.2 Å². The van der Waals surface area contributed by atoms with E-state index in [0.717, 1.165) is 81.5 Å². The fourth-order valence-electron chi connectivity index (χ4n) is 5.14. The van der Waals surface area contributed by atoms with Gasteiger partial charge in [-0.2, -0.15) is 0 Å². The Kier molecular flexibility index (Phi) is 5.87. The van der Waals surface area contributed by atoms with Crippen molar-refractivity contribution in [2.24, 2.45) is 0 Å². The normalized spacial score (nSPS) is 26.5. The molecule has 0 spiro atoms. The van der Waals surface area contributed by atoms with Crippen LogP contribution < -0.4 is 4.74 Å². The highest BCUT2D eigenvalue weighted by Gasteiger charge is 2.37. The zero-order valence-electron chi connectivity index (χ0n) is 18.2. The molecule has 0 radical (unpaired) electrons. The minimum Gasteiger partial charge on any atom is -0.497 e.